The molecule has 3 aromatic rings. The second kappa shape index (κ2) is 9.73. The van der Waals surface area contributed by atoms with Gasteiger partial charge in [0.2, 0.25) is 5.91 Å². The van der Waals surface area contributed by atoms with E-state index in [2.05, 4.69) is 27.4 Å². The van der Waals surface area contributed by atoms with Gasteiger partial charge in [-0.05, 0) is 55.5 Å². The summed E-state index contributed by atoms with van der Waals surface area (Å²) in [5, 5.41) is 3.05. The standard InChI is InChI=1S/C26H28N4O2/c1-2-29-25(32)26(11-15-30(16-12-26)24(31)22-9-6-14-28-19-22)17-20-7-3-4-10-23(20)21-8-5-13-27-18-21/h3-10,13-14,18-19H,2,11-12,15-17H2,1H3,(H,29,32). The Hall–Kier alpha value is -3.54. The lowest BCUT2D eigenvalue weighted by molar-refractivity contribution is -0.133. The Kier molecular flexibility index (Phi) is 6.59. The molecule has 1 aliphatic rings. The van der Waals surface area contributed by atoms with Gasteiger partial charge < -0.3 is 10.2 Å². The fourth-order valence-electron chi connectivity index (χ4n) is 4.48. The molecule has 0 atom stereocenters. The van der Waals surface area contributed by atoms with Crippen LogP contribution in [0.2, 0.25) is 0 Å². The van der Waals surface area contributed by atoms with Crippen molar-refractivity contribution in [2.75, 3.05) is 19.6 Å². The topological polar surface area (TPSA) is 75.2 Å². The van der Waals surface area contributed by atoms with Crippen LogP contribution in [0.5, 0.6) is 0 Å². The normalized spacial score (nSPS) is 15.2. The minimum Gasteiger partial charge on any atom is -0.356 e. The second-order valence-electron chi connectivity index (χ2n) is 8.25. The highest BCUT2D eigenvalue weighted by Crippen LogP contribution is 2.38. The third-order valence-corrected chi connectivity index (χ3v) is 6.25. The van der Waals surface area contributed by atoms with Crippen LogP contribution < -0.4 is 5.32 Å². The zero-order chi connectivity index (χ0) is 22.4. The molecule has 1 saturated heterocycles. The molecule has 1 N–H and O–H groups in total. The van der Waals surface area contributed by atoms with E-state index >= 15 is 0 Å². The molecule has 164 valence electrons. The lowest BCUT2D eigenvalue weighted by Gasteiger charge is -2.41. The molecule has 32 heavy (non-hydrogen) atoms. The molecule has 0 aliphatic carbocycles. The van der Waals surface area contributed by atoms with Crippen LogP contribution in [0.3, 0.4) is 0 Å². The molecule has 1 fully saturated rings. The van der Waals surface area contributed by atoms with Crippen molar-refractivity contribution in [2.24, 2.45) is 5.41 Å². The Morgan fingerprint density at radius 2 is 1.69 bits per heavy atom. The Bertz CT molecular complexity index is 1060. The van der Waals surface area contributed by atoms with E-state index in [1.54, 1.807) is 30.7 Å². The number of nitrogens with zero attached hydrogens (tertiary/aromatic N) is 3. The first-order valence-corrected chi connectivity index (χ1v) is 11.1. The molecule has 3 heterocycles. The van der Waals surface area contributed by atoms with Crippen LogP contribution in [-0.4, -0.2) is 46.3 Å². The molecule has 1 aromatic carbocycles. The summed E-state index contributed by atoms with van der Waals surface area (Å²) in [6, 6.07) is 15.7. The molecule has 0 saturated carbocycles. The number of benzene rings is 1. The molecule has 6 heteroatoms. The maximum Gasteiger partial charge on any atom is 0.255 e. The van der Waals surface area contributed by atoms with Crippen molar-refractivity contribution >= 4 is 11.8 Å². The Balaban J connectivity index is 1.59. The van der Waals surface area contributed by atoms with E-state index in [0.29, 0.717) is 44.5 Å². The number of rotatable bonds is 6. The number of carbonyl (C=O) groups excluding carboxylic acids is 2. The van der Waals surface area contributed by atoms with Crippen molar-refractivity contribution in [1.82, 2.24) is 20.2 Å². The van der Waals surface area contributed by atoms with Crippen molar-refractivity contribution < 1.29 is 9.59 Å². The number of amides is 2. The van der Waals surface area contributed by atoms with E-state index in [1.807, 2.05) is 42.3 Å². The highest BCUT2D eigenvalue weighted by atomic mass is 16.2. The van der Waals surface area contributed by atoms with Crippen LogP contribution >= 0.6 is 0 Å². The number of aromatic nitrogens is 2. The molecule has 1 aliphatic heterocycles. The zero-order valence-corrected chi connectivity index (χ0v) is 18.3. The van der Waals surface area contributed by atoms with Crippen LogP contribution in [0.25, 0.3) is 11.1 Å². The summed E-state index contributed by atoms with van der Waals surface area (Å²) in [6.07, 6.45) is 8.73. The van der Waals surface area contributed by atoms with Gasteiger partial charge in [-0.25, -0.2) is 0 Å². The second-order valence-corrected chi connectivity index (χ2v) is 8.25. The number of piperidine rings is 1. The van der Waals surface area contributed by atoms with Gasteiger partial charge in [0.25, 0.3) is 5.91 Å². The summed E-state index contributed by atoms with van der Waals surface area (Å²) >= 11 is 0. The van der Waals surface area contributed by atoms with Gasteiger partial charge in [0.05, 0.1) is 11.0 Å². The highest BCUT2D eigenvalue weighted by molar-refractivity contribution is 5.94. The SMILES string of the molecule is CCNC(=O)C1(Cc2ccccc2-c2cccnc2)CCN(C(=O)c2cccnc2)CC1. The minimum atomic E-state index is -0.556. The molecule has 2 amide bonds. The van der Waals surface area contributed by atoms with Gasteiger partial charge in [-0.1, -0.05) is 30.3 Å². The lowest BCUT2D eigenvalue weighted by atomic mass is 9.72. The summed E-state index contributed by atoms with van der Waals surface area (Å²) in [4.78, 5) is 36.3. The van der Waals surface area contributed by atoms with Crippen molar-refractivity contribution in [3.05, 3.63) is 84.4 Å². The first kappa shape index (κ1) is 21.7. The number of pyridine rings is 2. The zero-order valence-electron chi connectivity index (χ0n) is 18.3. The number of likely N-dealkylation sites (tertiary alicyclic amines) is 1. The predicted molar refractivity (Wildman–Crippen MR) is 124 cm³/mol. The summed E-state index contributed by atoms with van der Waals surface area (Å²) in [6.45, 7) is 3.61. The number of carbonyl (C=O) groups is 2. The number of hydrogen-bond donors (Lipinski definition) is 1. The number of hydrogen-bond acceptors (Lipinski definition) is 4. The minimum absolute atomic E-state index is 0.0293. The monoisotopic (exact) mass is 428 g/mol. The summed E-state index contributed by atoms with van der Waals surface area (Å²) in [7, 11) is 0. The molecule has 4 rings (SSSR count). The van der Waals surface area contributed by atoms with E-state index in [4.69, 9.17) is 0 Å². The van der Waals surface area contributed by atoms with Gasteiger partial charge in [0.1, 0.15) is 0 Å². The molecular weight excluding hydrogens is 400 g/mol. The van der Waals surface area contributed by atoms with E-state index in [0.717, 1.165) is 16.7 Å². The summed E-state index contributed by atoms with van der Waals surface area (Å²) < 4.78 is 0. The molecule has 2 aromatic heterocycles. The van der Waals surface area contributed by atoms with Crippen molar-refractivity contribution in [1.29, 1.82) is 0 Å². The predicted octanol–water partition coefficient (Wildman–Crippen LogP) is 3.74. The summed E-state index contributed by atoms with van der Waals surface area (Å²) in [5.74, 6) is 0.0350. The van der Waals surface area contributed by atoms with E-state index in [1.165, 1.54) is 0 Å². The lowest BCUT2D eigenvalue weighted by Crippen LogP contribution is -2.51. The Morgan fingerprint density at radius 3 is 2.34 bits per heavy atom. The molecule has 0 unspecified atom stereocenters. The van der Waals surface area contributed by atoms with E-state index in [-0.39, 0.29) is 11.8 Å². The van der Waals surface area contributed by atoms with Gasteiger partial charge in [-0.15, -0.1) is 0 Å². The number of nitrogens with one attached hydrogen (secondary N) is 1. The average Bonchev–Trinajstić information content (AvgIpc) is 2.85. The van der Waals surface area contributed by atoms with Crippen LogP contribution in [-0.2, 0) is 11.2 Å². The molecular formula is C26H28N4O2. The third kappa shape index (κ3) is 4.54. The van der Waals surface area contributed by atoms with Crippen LogP contribution in [0, 0.1) is 5.41 Å². The highest BCUT2D eigenvalue weighted by Gasteiger charge is 2.42. The molecule has 0 bridgehead atoms. The fourth-order valence-corrected chi connectivity index (χ4v) is 4.48. The van der Waals surface area contributed by atoms with Gasteiger partial charge in [0, 0.05) is 50.0 Å². The smallest absolute Gasteiger partial charge is 0.255 e. The van der Waals surface area contributed by atoms with Gasteiger partial charge in [-0.2, -0.15) is 0 Å². The quantitative estimate of drug-likeness (QED) is 0.649. The van der Waals surface area contributed by atoms with Crippen LogP contribution in [0.1, 0.15) is 35.7 Å². The maximum atomic E-state index is 13.3. The van der Waals surface area contributed by atoms with Crippen LogP contribution in [0.4, 0.5) is 0 Å². The van der Waals surface area contributed by atoms with Gasteiger partial charge >= 0.3 is 0 Å². The van der Waals surface area contributed by atoms with E-state index < -0.39 is 5.41 Å². The largest absolute Gasteiger partial charge is 0.356 e. The van der Waals surface area contributed by atoms with Crippen molar-refractivity contribution in [2.45, 2.75) is 26.2 Å². The fraction of sp³-hybridized carbons (Fsp3) is 0.308. The first-order chi connectivity index (χ1) is 15.6. The van der Waals surface area contributed by atoms with Gasteiger partial charge in [-0.3, -0.25) is 19.6 Å². The van der Waals surface area contributed by atoms with Crippen molar-refractivity contribution in [3.63, 3.8) is 0 Å². The Labute approximate surface area is 188 Å². The molecule has 0 spiro atoms. The average molecular weight is 429 g/mol. The maximum absolute atomic E-state index is 13.3. The summed E-state index contributed by atoms with van der Waals surface area (Å²) in [5.41, 5.74) is 3.29. The molecule has 6 nitrogen and oxygen atoms in total. The first-order valence-electron chi connectivity index (χ1n) is 11.1. The van der Waals surface area contributed by atoms with Crippen molar-refractivity contribution in [3.8, 4) is 11.1 Å². The molecule has 0 radical (unpaired) electrons. The third-order valence-electron chi connectivity index (χ3n) is 6.25. The van der Waals surface area contributed by atoms with E-state index in [9.17, 15) is 9.59 Å². The Morgan fingerprint density at radius 1 is 0.969 bits per heavy atom. The van der Waals surface area contributed by atoms with Crippen LogP contribution in [0.15, 0.2) is 73.3 Å². The van der Waals surface area contributed by atoms with Gasteiger partial charge in [0.15, 0.2) is 0 Å².